The van der Waals surface area contributed by atoms with E-state index in [1.807, 2.05) is 0 Å². The maximum atomic E-state index is 13.6. The molecule has 0 aromatic heterocycles. The predicted octanol–water partition coefficient (Wildman–Crippen LogP) is 4.56. The lowest BCUT2D eigenvalue weighted by atomic mass is 9.96. The number of benzene rings is 2. The van der Waals surface area contributed by atoms with E-state index < -0.39 is 0 Å². The van der Waals surface area contributed by atoms with E-state index in [4.69, 9.17) is 4.74 Å². The van der Waals surface area contributed by atoms with E-state index >= 15 is 0 Å². The van der Waals surface area contributed by atoms with Gasteiger partial charge in [0, 0.05) is 6.07 Å². The zero-order valence-corrected chi connectivity index (χ0v) is 10.4. The highest BCUT2D eigenvalue weighted by Crippen LogP contribution is 2.30. The molecular weight excluding hydrogens is 246 g/mol. The van der Waals surface area contributed by atoms with E-state index in [1.165, 1.54) is 24.3 Å². The molecule has 1 nitrogen and oxygen atoms in total. The number of hydrogen-bond acceptors (Lipinski definition) is 1. The molecule has 19 heavy (non-hydrogen) atoms. The highest BCUT2D eigenvalue weighted by Gasteiger charge is 2.19. The fourth-order valence-electron chi connectivity index (χ4n) is 2.15. The Kier molecular flexibility index (Phi) is 3.20. The van der Waals surface area contributed by atoms with Crippen molar-refractivity contribution in [3.63, 3.8) is 0 Å². The summed E-state index contributed by atoms with van der Waals surface area (Å²) >= 11 is 0. The van der Waals surface area contributed by atoms with Gasteiger partial charge in [0.2, 0.25) is 0 Å². The van der Waals surface area contributed by atoms with Gasteiger partial charge in [-0.2, -0.15) is 0 Å². The molecule has 0 spiro atoms. The van der Waals surface area contributed by atoms with Gasteiger partial charge in [-0.05, 0) is 54.7 Å². The minimum absolute atomic E-state index is 0.196. The van der Waals surface area contributed by atoms with Crippen molar-refractivity contribution in [2.24, 2.45) is 0 Å². The smallest absolute Gasteiger partial charge is 0.127 e. The lowest BCUT2D eigenvalue weighted by molar-refractivity contribution is 0.120. The molecule has 0 saturated heterocycles. The fraction of sp³-hybridized carbons (Fsp3) is 0.250. The Bertz CT molecular complexity index is 591. The second-order valence-corrected chi connectivity index (χ2v) is 4.86. The first-order valence-electron chi connectivity index (χ1n) is 6.44. The van der Waals surface area contributed by atoms with Crippen molar-refractivity contribution in [2.75, 3.05) is 0 Å². The molecule has 0 heterocycles. The Morgan fingerprint density at radius 1 is 0.895 bits per heavy atom. The zero-order valence-electron chi connectivity index (χ0n) is 10.4. The standard InChI is InChI=1S/C16H14F2O/c17-13-4-1-3-11(7-13)12-8-14(18)10-16(9-12)19-15-5-2-6-15/h1,3-4,7-10,15H,2,5-6H2. The van der Waals surface area contributed by atoms with Crippen LogP contribution >= 0.6 is 0 Å². The lowest BCUT2D eigenvalue weighted by Gasteiger charge is -2.26. The second-order valence-electron chi connectivity index (χ2n) is 4.86. The molecule has 2 aromatic rings. The number of halogens is 2. The van der Waals surface area contributed by atoms with Gasteiger partial charge in [-0.15, -0.1) is 0 Å². The molecule has 1 saturated carbocycles. The first-order chi connectivity index (χ1) is 9.20. The molecule has 0 atom stereocenters. The predicted molar refractivity (Wildman–Crippen MR) is 70.1 cm³/mol. The van der Waals surface area contributed by atoms with Crippen molar-refractivity contribution in [3.8, 4) is 16.9 Å². The largest absolute Gasteiger partial charge is 0.490 e. The van der Waals surface area contributed by atoms with E-state index in [0.717, 1.165) is 19.3 Å². The Labute approximate surface area is 110 Å². The number of ether oxygens (including phenoxy) is 1. The minimum Gasteiger partial charge on any atom is -0.490 e. The molecule has 0 amide bonds. The van der Waals surface area contributed by atoms with E-state index in [-0.39, 0.29) is 17.7 Å². The molecule has 3 heteroatoms. The highest BCUT2D eigenvalue weighted by atomic mass is 19.1. The number of hydrogen-bond donors (Lipinski definition) is 0. The van der Waals surface area contributed by atoms with E-state index in [1.54, 1.807) is 18.2 Å². The van der Waals surface area contributed by atoms with Crippen LogP contribution in [0.25, 0.3) is 11.1 Å². The van der Waals surface area contributed by atoms with Gasteiger partial charge < -0.3 is 4.74 Å². The van der Waals surface area contributed by atoms with Crippen LogP contribution in [0.1, 0.15) is 19.3 Å². The molecule has 0 unspecified atom stereocenters. The van der Waals surface area contributed by atoms with E-state index in [0.29, 0.717) is 16.9 Å². The van der Waals surface area contributed by atoms with Crippen molar-refractivity contribution < 1.29 is 13.5 Å². The first-order valence-corrected chi connectivity index (χ1v) is 6.44. The Morgan fingerprint density at radius 2 is 1.68 bits per heavy atom. The summed E-state index contributed by atoms with van der Waals surface area (Å²) < 4.78 is 32.5. The van der Waals surface area contributed by atoms with Crippen LogP contribution < -0.4 is 4.74 Å². The molecule has 1 aliphatic rings. The summed E-state index contributed by atoms with van der Waals surface area (Å²) in [7, 11) is 0. The van der Waals surface area contributed by atoms with Gasteiger partial charge in [-0.3, -0.25) is 0 Å². The van der Waals surface area contributed by atoms with Gasteiger partial charge in [-0.1, -0.05) is 12.1 Å². The lowest BCUT2D eigenvalue weighted by Crippen LogP contribution is -2.24. The highest BCUT2D eigenvalue weighted by molar-refractivity contribution is 5.65. The first kappa shape index (κ1) is 12.2. The summed E-state index contributed by atoms with van der Waals surface area (Å²) in [5, 5.41) is 0. The van der Waals surface area contributed by atoms with E-state index in [9.17, 15) is 8.78 Å². The minimum atomic E-state index is -0.365. The molecule has 2 aromatic carbocycles. The Hall–Kier alpha value is -1.90. The monoisotopic (exact) mass is 260 g/mol. The quantitative estimate of drug-likeness (QED) is 0.785. The molecule has 0 bridgehead atoms. The Morgan fingerprint density at radius 3 is 2.37 bits per heavy atom. The summed E-state index contributed by atoms with van der Waals surface area (Å²) in [4.78, 5) is 0. The Balaban J connectivity index is 1.92. The third kappa shape index (κ3) is 2.75. The van der Waals surface area contributed by atoms with Crippen LogP contribution in [0.2, 0.25) is 0 Å². The van der Waals surface area contributed by atoms with Gasteiger partial charge in [0.15, 0.2) is 0 Å². The third-order valence-corrected chi connectivity index (χ3v) is 3.38. The maximum Gasteiger partial charge on any atom is 0.127 e. The molecule has 1 fully saturated rings. The van der Waals surface area contributed by atoms with Crippen LogP contribution in [0, 0.1) is 11.6 Å². The van der Waals surface area contributed by atoms with Gasteiger partial charge in [0.25, 0.3) is 0 Å². The average molecular weight is 260 g/mol. The van der Waals surface area contributed by atoms with Crippen LogP contribution in [-0.4, -0.2) is 6.10 Å². The van der Waals surface area contributed by atoms with Crippen LogP contribution in [-0.2, 0) is 0 Å². The van der Waals surface area contributed by atoms with Gasteiger partial charge in [-0.25, -0.2) is 8.78 Å². The zero-order chi connectivity index (χ0) is 13.2. The average Bonchev–Trinajstić information content (AvgIpc) is 2.33. The van der Waals surface area contributed by atoms with Crippen molar-refractivity contribution in [2.45, 2.75) is 25.4 Å². The van der Waals surface area contributed by atoms with Crippen molar-refractivity contribution in [1.82, 2.24) is 0 Å². The maximum absolute atomic E-state index is 13.6. The molecule has 0 aliphatic heterocycles. The van der Waals surface area contributed by atoms with Crippen LogP contribution in [0.3, 0.4) is 0 Å². The number of rotatable bonds is 3. The topological polar surface area (TPSA) is 9.23 Å². The summed E-state index contributed by atoms with van der Waals surface area (Å²) in [6, 6.07) is 10.7. The van der Waals surface area contributed by atoms with Gasteiger partial charge >= 0.3 is 0 Å². The van der Waals surface area contributed by atoms with Crippen LogP contribution in [0.15, 0.2) is 42.5 Å². The SMILES string of the molecule is Fc1cccc(-c2cc(F)cc(OC3CCC3)c2)c1. The second kappa shape index (κ2) is 5.00. The van der Waals surface area contributed by atoms with Crippen LogP contribution in [0.4, 0.5) is 8.78 Å². The molecule has 98 valence electrons. The molecule has 1 aliphatic carbocycles. The van der Waals surface area contributed by atoms with Crippen LogP contribution in [0.5, 0.6) is 5.75 Å². The van der Waals surface area contributed by atoms with E-state index in [2.05, 4.69) is 0 Å². The summed E-state index contributed by atoms with van der Waals surface area (Å²) in [6.07, 6.45) is 3.40. The van der Waals surface area contributed by atoms with Crippen molar-refractivity contribution in [3.05, 3.63) is 54.1 Å². The molecule has 3 rings (SSSR count). The summed E-state index contributed by atoms with van der Waals surface area (Å²) in [5.41, 5.74) is 1.28. The normalized spacial score (nSPS) is 15.1. The van der Waals surface area contributed by atoms with Crippen molar-refractivity contribution in [1.29, 1.82) is 0 Å². The summed E-state index contributed by atoms with van der Waals surface area (Å²) in [6.45, 7) is 0. The van der Waals surface area contributed by atoms with Gasteiger partial charge in [0.1, 0.15) is 17.4 Å². The molecule has 0 radical (unpaired) electrons. The third-order valence-electron chi connectivity index (χ3n) is 3.38. The summed E-state index contributed by atoms with van der Waals surface area (Å²) in [5.74, 6) is -0.178. The molecular formula is C16H14F2O. The fourth-order valence-corrected chi connectivity index (χ4v) is 2.15. The van der Waals surface area contributed by atoms with Crippen molar-refractivity contribution >= 4 is 0 Å². The molecule has 0 N–H and O–H groups in total. The van der Waals surface area contributed by atoms with Gasteiger partial charge in [0.05, 0.1) is 6.10 Å².